The third-order valence-corrected chi connectivity index (χ3v) is 15.1. The highest BCUT2D eigenvalue weighted by molar-refractivity contribution is 6.29. The summed E-state index contributed by atoms with van der Waals surface area (Å²) in [4.78, 5) is 0. The van der Waals surface area contributed by atoms with E-state index in [9.17, 15) is 0 Å². The highest BCUT2D eigenvalue weighted by Gasteiger charge is 2.24. The molecule has 0 atom stereocenters. The average molecular weight is 905 g/mol. The Morgan fingerprint density at radius 3 is 1.11 bits per heavy atom. The van der Waals surface area contributed by atoms with E-state index in [2.05, 4.69) is 261 Å². The first kappa shape index (κ1) is 38.4. The quantitative estimate of drug-likeness (QED) is 0.169. The molecule has 0 bridgehead atoms. The van der Waals surface area contributed by atoms with Crippen LogP contribution >= 0.6 is 0 Å². The molecule has 0 aliphatic heterocycles. The van der Waals surface area contributed by atoms with Crippen LogP contribution in [0.5, 0.6) is 0 Å². The van der Waals surface area contributed by atoms with Gasteiger partial charge in [-0.25, -0.2) is 0 Å². The maximum atomic E-state index is 7.44. The Labute approximate surface area is 406 Å². The smallest absolute Gasteiger partial charge is 0.145 e. The van der Waals surface area contributed by atoms with Crippen molar-refractivity contribution in [1.29, 1.82) is 0 Å². The molecule has 5 aromatic heterocycles. The number of hydrogen-bond donors (Lipinski definition) is 0. The van der Waals surface area contributed by atoms with Gasteiger partial charge in [0, 0.05) is 65.8 Å². The van der Waals surface area contributed by atoms with Crippen LogP contribution in [0.25, 0.3) is 143 Å². The first-order valence-corrected chi connectivity index (χ1v) is 24.3. The highest BCUT2D eigenvalue weighted by Crippen LogP contribution is 2.46. The summed E-state index contributed by atoms with van der Waals surface area (Å²) >= 11 is 0. The van der Waals surface area contributed by atoms with Crippen molar-refractivity contribution in [2.45, 2.75) is 0 Å². The number of fused-ring (bicyclic) bond motifs is 17. The van der Waals surface area contributed by atoms with Gasteiger partial charge in [-0.15, -0.1) is 0 Å². The zero-order chi connectivity index (χ0) is 46.3. The summed E-state index contributed by atoms with van der Waals surface area (Å²) in [5, 5.41) is 11.7. The van der Waals surface area contributed by atoms with Crippen molar-refractivity contribution in [1.82, 2.24) is 18.3 Å². The maximum absolute atomic E-state index is 7.44. The van der Waals surface area contributed by atoms with Crippen LogP contribution < -0.4 is 0 Å². The molecule has 11 aromatic carbocycles. The molecule has 330 valence electrons. The lowest BCUT2D eigenvalue weighted by atomic mass is 10.00. The summed E-state index contributed by atoms with van der Waals surface area (Å²) in [5.41, 5.74) is 17.9. The third kappa shape index (κ3) is 5.34. The molecule has 5 heteroatoms. The summed E-state index contributed by atoms with van der Waals surface area (Å²) in [6.07, 6.45) is 0. The Balaban J connectivity index is 0.928. The van der Waals surface area contributed by atoms with Gasteiger partial charge in [0.2, 0.25) is 0 Å². The Hall–Kier alpha value is -9.58. The van der Waals surface area contributed by atoms with Crippen LogP contribution in [0.3, 0.4) is 0 Å². The lowest BCUT2D eigenvalue weighted by Gasteiger charge is -2.12. The van der Waals surface area contributed by atoms with E-state index in [-0.39, 0.29) is 0 Å². The summed E-state index contributed by atoms with van der Waals surface area (Å²) in [6, 6.07) is 88.3. The maximum Gasteiger partial charge on any atom is 0.145 e. The monoisotopic (exact) mass is 904 g/mol. The molecule has 0 saturated carbocycles. The molecule has 5 nitrogen and oxygen atoms in total. The Morgan fingerprint density at radius 2 is 0.563 bits per heavy atom. The van der Waals surface area contributed by atoms with Gasteiger partial charge in [0.05, 0.1) is 54.9 Å². The SMILES string of the molecule is c1ccc(-n2c3ccccc3c3cc(-c4ccc5c(c4)c4c6oc7c(ccc8c7c7ccccc7n8-c7cccc(-n8c9ccccc9c9ccccc98)c7)c6ccc4n5-c4ccccc4)ccc32)cc1. The third-order valence-electron chi connectivity index (χ3n) is 15.1. The molecule has 0 saturated heterocycles. The second kappa shape index (κ2) is 14.5. The van der Waals surface area contributed by atoms with Gasteiger partial charge in [-0.1, -0.05) is 127 Å². The Bertz CT molecular complexity index is 4810. The minimum absolute atomic E-state index is 0.897. The summed E-state index contributed by atoms with van der Waals surface area (Å²) in [5.74, 6) is 0. The topological polar surface area (TPSA) is 32.9 Å². The van der Waals surface area contributed by atoms with E-state index in [4.69, 9.17) is 4.42 Å². The molecular formula is C66H40N4O. The fourth-order valence-corrected chi connectivity index (χ4v) is 12.1. The predicted octanol–water partition coefficient (Wildman–Crippen LogP) is 17.6. The number of para-hydroxylation sites is 6. The van der Waals surface area contributed by atoms with Crippen molar-refractivity contribution in [2.24, 2.45) is 0 Å². The van der Waals surface area contributed by atoms with Crippen LogP contribution in [0, 0.1) is 0 Å². The fourth-order valence-electron chi connectivity index (χ4n) is 12.1. The highest BCUT2D eigenvalue weighted by atomic mass is 16.3. The normalized spacial score (nSPS) is 12.2. The minimum atomic E-state index is 0.897. The lowest BCUT2D eigenvalue weighted by molar-refractivity contribution is 0.677. The second-order valence-electron chi connectivity index (χ2n) is 18.8. The standard InChI is InChI=1S/C66H40N4O/c1-3-16-43(17-4-1)67-57-28-13-9-24-49(57)53-38-41(30-34-59(53)67)42-31-35-60-54(39-42)64-62(68(60)44-18-5-2-6-19-44)37-33-51-50-32-36-61-63(65(50)71-66(51)64)52-25-10-14-29-58(52)70(61)46-21-15-20-45(40-46)69-55-26-11-7-22-47(55)48-23-8-12-27-56(48)69/h1-40H. The number of hydrogen-bond acceptors (Lipinski definition) is 1. The molecule has 5 heterocycles. The molecule has 16 rings (SSSR count). The van der Waals surface area contributed by atoms with E-state index in [0.717, 1.165) is 93.9 Å². The van der Waals surface area contributed by atoms with E-state index >= 15 is 0 Å². The van der Waals surface area contributed by atoms with Crippen LogP contribution in [0.4, 0.5) is 0 Å². The van der Waals surface area contributed by atoms with Crippen molar-refractivity contribution in [3.63, 3.8) is 0 Å². The average Bonchev–Trinajstić information content (AvgIpc) is 4.24. The minimum Gasteiger partial charge on any atom is -0.455 e. The molecule has 0 aliphatic rings. The van der Waals surface area contributed by atoms with Crippen LogP contribution in [0.1, 0.15) is 0 Å². The molecule has 0 N–H and O–H groups in total. The molecule has 0 spiro atoms. The molecule has 0 aliphatic carbocycles. The van der Waals surface area contributed by atoms with Crippen LogP contribution in [0.2, 0.25) is 0 Å². The zero-order valence-electron chi connectivity index (χ0n) is 38.3. The first-order valence-electron chi connectivity index (χ1n) is 24.3. The largest absolute Gasteiger partial charge is 0.455 e. The van der Waals surface area contributed by atoms with Crippen molar-refractivity contribution in [3.05, 3.63) is 243 Å². The van der Waals surface area contributed by atoms with E-state index < -0.39 is 0 Å². The van der Waals surface area contributed by atoms with Crippen LogP contribution in [-0.4, -0.2) is 18.3 Å². The van der Waals surface area contributed by atoms with Gasteiger partial charge >= 0.3 is 0 Å². The molecule has 0 amide bonds. The molecule has 71 heavy (non-hydrogen) atoms. The number of benzene rings is 11. The fraction of sp³-hybridized carbons (Fsp3) is 0. The van der Waals surface area contributed by atoms with Gasteiger partial charge < -0.3 is 22.7 Å². The number of furan rings is 1. The van der Waals surface area contributed by atoms with E-state index in [0.29, 0.717) is 0 Å². The van der Waals surface area contributed by atoms with Crippen molar-refractivity contribution < 1.29 is 4.42 Å². The molecule has 0 radical (unpaired) electrons. The molecular weight excluding hydrogens is 865 g/mol. The van der Waals surface area contributed by atoms with Gasteiger partial charge in [-0.05, 0) is 126 Å². The van der Waals surface area contributed by atoms with Gasteiger partial charge in [0.25, 0.3) is 0 Å². The summed E-state index contributed by atoms with van der Waals surface area (Å²) in [6.45, 7) is 0. The lowest BCUT2D eigenvalue weighted by Crippen LogP contribution is -1.98. The Kier molecular flexibility index (Phi) is 7.82. The van der Waals surface area contributed by atoms with E-state index in [1.54, 1.807) is 0 Å². The summed E-state index contributed by atoms with van der Waals surface area (Å²) in [7, 11) is 0. The molecule has 0 fully saturated rings. The zero-order valence-corrected chi connectivity index (χ0v) is 38.3. The van der Waals surface area contributed by atoms with Crippen LogP contribution in [-0.2, 0) is 0 Å². The molecule has 0 unspecified atom stereocenters. The number of nitrogens with zero attached hydrogens (tertiary/aromatic N) is 4. The second-order valence-corrected chi connectivity index (χ2v) is 18.8. The molecule has 16 aromatic rings. The Morgan fingerprint density at radius 1 is 0.211 bits per heavy atom. The van der Waals surface area contributed by atoms with Crippen LogP contribution in [0.15, 0.2) is 247 Å². The summed E-state index contributed by atoms with van der Waals surface area (Å²) < 4.78 is 17.0. The van der Waals surface area contributed by atoms with Gasteiger partial charge in [0.15, 0.2) is 0 Å². The van der Waals surface area contributed by atoms with Crippen molar-refractivity contribution >= 4 is 109 Å². The van der Waals surface area contributed by atoms with Gasteiger partial charge in [-0.3, -0.25) is 0 Å². The van der Waals surface area contributed by atoms with Gasteiger partial charge in [-0.2, -0.15) is 0 Å². The van der Waals surface area contributed by atoms with E-state index in [1.807, 2.05) is 0 Å². The van der Waals surface area contributed by atoms with E-state index in [1.165, 1.54) is 49.2 Å². The van der Waals surface area contributed by atoms with Crippen molar-refractivity contribution in [2.75, 3.05) is 0 Å². The number of aromatic nitrogens is 4. The first-order chi connectivity index (χ1) is 35.2. The number of rotatable bonds is 5. The van der Waals surface area contributed by atoms with Gasteiger partial charge in [0.1, 0.15) is 11.2 Å². The van der Waals surface area contributed by atoms with Crippen molar-refractivity contribution in [3.8, 4) is 33.9 Å². The predicted molar refractivity (Wildman–Crippen MR) is 297 cm³/mol.